The molecule has 2 aromatic rings. The largest absolute Gasteiger partial charge is 0.458 e. The van der Waals surface area contributed by atoms with Gasteiger partial charge in [-0.2, -0.15) is 29.8 Å². The van der Waals surface area contributed by atoms with Crippen molar-refractivity contribution in [3.8, 4) is 0 Å². The molecule has 1 atom stereocenters. The second kappa shape index (κ2) is 13.5. The SMILES string of the molecule is C[N+]1=C(/C=C/c2ccc(N(CCO)CCO)cc2)C(C)(C)c2cc(C(=O)OC(CS)CCCS)ccc21. The van der Waals surface area contributed by atoms with Gasteiger partial charge in [0.25, 0.3) is 0 Å². The predicted molar refractivity (Wildman–Crippen MR) is 158 cm³/mol. The summed E-state index contributed by atoms with van der Waals surface area (Å²) in [6.45, 7) is 5.35. The van der Waals surface area contributed by atoms with E-state index in [1.54, 1.807) is 0 Å². The molecule has 2 N–H and O–H groups in total. The highest BCUT2D eigenvalue weighted by molar-refractivity contribution is 7.80. The lowest BCUT2D eigenvalue weighted by Gasteiger charge is -2.22. The summed E-state index contributed by atoms with van der Waals surface area (Å²) in [7, 11) is 2.05. The van der Waals surface area contributed by atoms with Crippen molar-refractivity contribution >= 4 is 54.4 Å². The van der Waals surface area contributed by atoms with E-state index in [0.717, 1.165) is 46.8 Å². The number of rotatable bonds is 13. The lowest BCUT2D eigenvalue weighted by molar-refractivity contribution is -0.401. The molecule has 37 heavy (non-hydrogen) atoms. The highest BCUT2D eigenvalue weighted by Gasteiger charge is 2.43. The lowest BCUT2D eigenvalue weighted by atomic mass is 9.80. The van der Waals surface area contributed by atoms with Crippen LogP contribution in [0.5, 0.6) is 0 Å². The average molecular weight is 544 g/mol. The predicted octanol–water partition coefficient (Wildman–Crippen LogP) is 4.36. The number of hydrogen-bond donors (Lipinski definition) is 4. The van der Waals surface area contributed by atoms with Crippen molar-refractivity contribution in [2.24, 2.45) is 0 Å². The first-order chi connectivity index (χ1) is 17.8. The minimum Gasteiger partial charge on any atom is -0.458 e. The van der Waals surface area contributed by atoms with Gasteiger partial charge in [0.15, 0.2) is 5.71 Å². The summed E-state index contributed by atoms with van der Waals surface area (Å²) in [5.41, 5.74) is 5.54. The van der Waals surface area contributed by atoms with Gasteiger partial charge in [0.05, 0.1) is 24.2 Å². The van der Waals surface area contributed by atoms with Crippen molar-refractivity contribution in [3.05, 3.63) is 65.2 Å². The Morgan fingerprint density at radius 2 is 1.76 bits per heavy atom. The second-order valence-corrected chi connectivity index (χ2v) is 10.5. The Labute approximate surface area is 231 Å². The van der Waals surface area contributed by atoms with Gasteiger partial charge in [0.1, 0.15) is 13.2 Å². The normalized spacial score (nSPS) is 15.2. The molecule has 3 rings (SSSR count). The topological polar surface area (TPSA) is 73.0 Å². The zero-order valence-electron chi connectivity index (χ0n) is 21.9. The summed E-state index contributed by atoms with van der Waals surface area (Å²) in [5, 5.41) is 18.6. The van der Waals surface area contributed by atoms with Crippen LogP contribution in [0.1, 0.15) is 48.2 Å². The summed E-state index contributed by atoms with van der Waals surface area (Å²) in [6, 6.07) is 13.8. The first-order valence-corrected chi connectivity index (χ1v) is 14.0. The molecule has 0 amide bonds. The van der Waals surface area contributed by atoms with E-state index in [1.807, 2.05) is 54.4 Å². The number of esters is 1. The van der Waals surface area contributed by atoms with Crippen LogP contribution in [-0.2, 0) is 10.2 Å². The Kier molecular flexibility index (Phi) is 10.7. The molecule has 0 fully saturated rings. The Morgan fingerprint density at radius 3 is 2.35 bits per heavy atom. The molecule has 0 spiro atoms. The first kappa shape index (κ1) is 29.3. The molecule has 1 heterocycles. The van der Waals surface area contributed by atoms with Crippen molar-refractivity contribution in [1.29, 1.82) is 0 Å². The number of fused-ring (bicyclic) bond motifs is 1. The number of thiol groups is 2. The summed E-state index contributed by atoms with van der Waals surface area (Å²) in [5.74, 6) is 0.923. The number of allylic oxidation sites excluding steroid dienone is 1. The maximum Gasteiger partial charge on any atom is 0.338 e. The number of carbonyl (C=O) groups is 1. The fourth-order valence-electron chi connectivity index (χ4n) is 4.77. The molecule has 0 saturated carbocycles. The number of carbonyl (C=O) groups excluding carboxylic acids is 1. The highest BCUT2D eigenvalue weighted by atomic mass is 32.1. The molecule has 0 bridgehead atoms. The molecule has 200 valence electrons. The third-order valence-corrected chi connectivity index (χ3v) is 7.59. The van der Waals surface area contributed by atoms with Crippen LogP contribution in [0.2, 0.25) is 0 Å². The van der Waals surface area contributed by atoms with Crippen LogP contribution in [-0.4, -0.2) is 77.4 Å². The number of anilines is 1. The molecule has 8 heteroatoms. The number of nitrogens with zero attached hydrogens (tertiary/aromatic N) is 2. The van der Waals surface area contributed by atoms with Gasteiger partial charge in [-0.25, -0.2) is 4.79 Å². The van der Waals surface area contributed by atoms with Gasteiger partial charge in [0, 0.05) is 42.2 Å². The Hall–Kier alpha value is -2.26. The second-order valence-electron chi connectivity index (χ2n) is 9.74. The van der Waals surface area contributed by atoms with E-state index in [-0.39, 0.29) is 30.7 Å². The summed E-state index contributed by atoms with van der Waals surface area (Å²) >= 11 is 8.58. The van der Waals surface area contributed by atoms with E-state index >= 15 is 0 Å². The van der Waals surface area contributed by atoms with Gasteiger partial charge in [-0.05, 0) is 68.3 Å². The number of hydrogen-bond acceptors (Lipinski definition) is 7. The van der Waals surface area contributed by atoms with Gasteiger partial charge in [0.2, 0.25) is 5.69 Å². The zero-order valence-corrected chi connectivity index (χ0v) is 23.7. The molecular weight excluding hydrogens is 504 g/mol. The monoisotopic (exact) mass is 543 g/mol. The molecule has 1 unspecified atom stereocenters. The van der Waals surface area contributed by atoms with E-state index in [0.29, 0.717) is 24.4 Å². The van der Waals surface area contributed by atoms with Crippen molar-refractivity contribution < 1.29 is 24.3 Å². The zero-order chi connectivity index (χ0) is 27.0. The number of aliphatic hydroxyl groups is 2. The van der Waals surface area contributed by atoms with Gasteiger partial charge >= 0.3 is 5.97 Å². The van der Waals surface area contributed by atoms with E-state index in [2.05, 4.69) is 55.8 Å². The fourth-order valence-corrected chi connectivity index (χ4v) is 5.21. The van der Waals surface area contributed by atoms with Gasteiger partial charge < -0.3 is 19.8 Å². The number of ether oxygens (including phenoxy) is 1. The summed E-state index contributed by atoms with van der Waals surface area (Å²) < 4.78 is 7.89. The molecule has 2 aromatic carbocycles. The van der Waals surface area contributed by atoms with Crippen LogP contribution in [0.4, 0.5) is 11.4 Å². The maximum atomic E-state index is 12.9. The smallest absolute Gasteiger partial charge is 0.338 e. The summed E-state index contributed by atoms with van der Waals surface area (Å²) in [6.07, 6.45) is 5.62. The van der Waals surface area contributed by atoms with Crippen molar-refractivity contribution in [2.45, 2.75) is 38.2 Å². The molecule has 0 radical (unpaired) electrons. The number of aliphatic hydroxyl groups excluding tert-OH is 2. The van der Waals surface area contributed by atoms with Crippen molar-refractivity contribution in [2.75, 3.05) is 49.8 Å². The highest BCUT2D eigenvalue weighted by Crippen LogP contribution is 2.40. The molecule has 1 aliphatic heterocycles. The molecule has 0 saturated heterocycles. The molecule has 6 nitrogen and oxygen atoms in total. The molecule has 0 aliphatic carbocycles. The quantitative estimate of drug-likeness (QED) is 0.172. The van der Waals surface area contributed by atoms with E-state index < -0.39 is 0 Å². The van der Waals surface area contributed by atoms with Crippen molar-refractivity contribution in [1.82, 2.24) is 0 Å². The molecular formula is C29H39N2O4S2+. The fraction of sp³-hybridized carbons (Fsp3) is 0.448. The van der Waals surface area contributed by atoms with Gasteiger partial charge in [-0.3, -0.25) is 0 Å². The van der Waals surface area contributed by atoms with Gasteiger partial charge in [-0.1, -0.05) is 12.1 Å². The standard InChI is InChI=1S/C29H38N2O4S2/c1-29(2)25-19-22(28(34)35-24(20-37)5-4-18-36)9-12-26(25)30(3)27(29)13-8-21-6-10-23(11-7-21)31(14-16-32)15-17-33/h6-13,19,24,32-33H,4-5,14-18,20H2,1-3H3,(H-,36,37)/p+1. The molecule has 0 aromatic heterocycles. The first-order valence-electron chi connectivity index (χ1n) is 12.7. The van der Waals surface area contributed by atoms with Crippen LogP contribution < -0.4 is 4.90 Å². The lowest BCUT2D eigenvalue weighted by Crippen LogP contribution is -2.29. The van der Waals surface area contributed by atoms with E-state index in [4.69, 9.17) is 4.74 Å². The Morgan fingerprint density at radius 1 is 1.08 bits per heavy atom. The minimum absolute atomic E-state index is 0.0349. The van der Waals surface area contributed by atoms with Crippen LogP contribution >= 0.6 is 25.3 Å². The minimum atomic E-state index is -0.319. The maximum absolute atomic E-state index is 12.9. The van der Waals surface area contributed by atoms with E-state index in [9.17, 15) is 15.0 Å². The molecule has 1 aliphatic rings. The Balaban J connectivity index is 1.78. The third kappa shape index (κ3) is 6.99. The number of benzene rings is 2. The van der Waals surface area contributed by atoms with Crippen LogP contribution in [0.25, 0.3) is 6.08 Å². The van der Waals surface area contributed by atoms with Crippen LogP contribution in [0, 0.1) is 0 Å². The van der Waals surface area contributed by atoms with Gasteiger partial charge in [-0.15, -0.1) is 0 Å². The third-order valence-electron chi connectivity index (χ3n) is 6.86. The van der Waals surface area contributed by atoms with E-state index in [1.165, 1.54) is 0 Å². The average Bonchev–Trinajstić information content (AvgIpc) is 3.09. The van der Waals surface area contributed by atoms with Crippen LogP contribution in [0.3, 0.4) is 0 Å². The Bertz CT molecular complexity index is 1120. The van der Waals surface area contributed by atoms with Crippen LogP contribution in [0.15, 0.2) is 48.5 Å². The summed E-state index contributed by atoms with van der Waals surface area (Å²) in [4.78, 5) is 14.8. The van der Waals surface area contributed by atoms with Crippen molar-refractivity contribution in [3.63, 3.8) is 0 Å².